The van der Waals surface area contributed by atoms with Gasteiger partial charge in [-0.25, -0.2) is 4.79 Å². The topological polar surface area (TPSA) is 77.8 Å². The molecule has 0 radical (unpaired) electrons. The molecule has 0 aliphatic heterocycles. The first-order chi connectivity index (χ1) is 6.29. The minimum atomic E-state index is -1.04. The molecule has 82 valence electrons. The van der Waals surface area contributed by atoms with E-state index in [4.69, 9.17) is 5.11 Å². The normalized spacial score (nSPS) is 19.6. The van der Waals surface area contributed by atoms with E-state index in [1.54, 1.807) is 20.8 Å². The molecule has 0 aliphatic carbocycles. The third kappa shape index (κ3) is 3.12. The molecule has 3 unspecified atom stereocenters. The van der Waals surface area contributed by atoms with E-state index >= 15 is 0 Å². The summed E-state index contributed by atoms with van der Waals surface area (Å²) in [6.07, 6.45) is -1.58. The quantitative estimate of drug-likeness (QED) is 0.589. The number of aliphatic hydroxyl groups excluding tert-OH is 2. The molecule has 4 nitrogen and oxygen atoms in total. The molecule has 0 aliphatic rings. The Bertz CT molecular complexity index is 243. The zero-order valence-corrected chi connectivity index (χ0v) is 8.98. The molecule has 0 aromatic carbocycles. The fraction of sp³-hybridized carbons (Fsp3) is 0.700. The van der Waals surface area contributed by atoms with Crippen LogP contribution in [0.5, 0.6) is 0 Å². The summed E-state index contributed by atoms with van der Waals surface area (Å²) in [5.41, 5.74) is 0.524. The lowest BCUT2D eigenvalue weighted by atomic mass is 9.91. The Labute approximate surface area is 83.9 Å². The molecule has 0 fully saturated rings. The minimum absolute atomic E-state index is 0.130. The number of aliphatic hydroxyl groups is 2. The van der Waals surface area contributed by atoms with E-state index in [-0.39, 0.29) is 11.5 Å². The first kappa shape index (κ1) is 13.1. The summed E-state index contributed by atoms with van der Waals surface area (Å²) in [5, 5.41) is 27.6. The van der Waals surface area contributed by atoms with Crippen LogP contribution in [-0.4, -0.2) is 33.5 Å². The van der Waals surface area contributed by atoms with Gasteiger partial charge in [-0.3, -0.25) is 0 Å². The van der Waals surface area contributed by atoms with E-state index in [0.29, 0.717) is 5.57 Å². The highest BCUT2D eigenvalue weighted by molar-refractivity contribution is 5.86. The number of carboxylic acid groups (broad SMARTS) is 1. The van der Waals surface area contributed by atoms with E-state index in [0.717, 1.165) is 0 Å². The molecule has 0 spiro atoms. The average Bonchev–Trinajstić information content (AvgIpc) is 2.12. The van der Waals surface area contributed by atoms with Crippen molar-refractivity contribution in [3.05, 3.63) is 11.1 Å². The van der Waals surface area contributed by atoms with Gasteiger partial charge in [-0.1, -0.05) is 6.92 Å². The van der Waals surface area contributed by atoms with Crippen LogP contribution in [0.25, 0.3) is 0 Å². The van der Waals surface area contributed by atoms with Crippen LogP contribution in [0.1, 0.15) is 27.7 Å². The van der Waals surface area contributed by atoms with Crippen LogP contribution in [0, 0.1) is 5.92 Å². The molecule has 0 rings (SSSR count). The van der Waals surface area contributed by atoms with Crippen LogP contribution in [0.4, 0.5) is 0 Å². The molecule has 3 N–H and O–H groups in total. The first-order valence-electron chi connectivity index (χ1n) is 4.55. The summed E-state index contributed by atoms with van der Waals surface area (Å²) < 4.78 is 0. The lowest BCUT2D eigenvalue weighted by molar-refractivity contribution is -0.132. The largest absolute Gasteiger partial charge is 0.478 e. The van der Waals surface area contributed by atoms with Crippen molar-refractivity contribution in [2.24, 2.45) is 5.92 Å². The van der Waals surface area contributed by atoms with Crippen LogP contribution in [0.3, 0.4) is 0 Å². The molecule has 14 heavy (non-hydrogen) atoms. The molecular weight excluding hydrogens is 184 g/mol. The average molecular weight is 202 g/mol. The monoisotopic (exact) mass is 202 g/mol. The van der Waals surface area contributed by atoms with E-state index < -0.39 is 18.2 Å². The van der Waals surface area contributed by atoms with Crippen LogP contribution < -0.4 is 0 Å². The molecule has 0 saturated carbocycles. The zero-order chi connectivity index (χ0) is 11.5. The smallest absolute Gasteiger partial charge is 0.331 e. The van der Waals surface area contributed by atoms with Gasteiger partial charge in [-0.2, -0.15) is 0 Å². The summed E-state index contributed by atoms with van der Waals surface area (Å²) in [6.45, 7) is 6.24. The SMILES string of the molecule is CC(C(=O)O)=C(C)C(O)C(C)C(C)O. The fourth-order valence-electron chi connectivity index (χ4n) is 1.05. The standard InChI is InChI=1S/C10H18O4/c1-5(6(2)10(13)14)9(12)7(3)8(4)11/h7-9,11-12H,1-4H3,(H,13,14). The second-order valence-corrected chi connectivity index (χ2v) is 3.66. The highest BCUT2D eigenvalue weighted by Gasteiger charge is 2.23. The summed E-state index contributed by atoms with van der Waals surface area (Å²) in [6, 6.07) is 0. The Hall–Kier alpha value is -0.870. The number of carboxylic acids is 1. The fourth-order valence-corrected chi connectivity index (χ4v) is 1.05. The molecule has 3 atom stereocenters. The summed E-state index contributed by atoms with van der Waals surface area (Å²) in [7, 11) is 0. The summed E-state index contributed by atoms with van der Waals surface area (Å²) in [4.78, 5) is 10.6. The molecule has 0 saturated heterocycles. The van der Waals surface area contributed by atoms with Crippen molar-refractivity contribution in [3.63, 3.8) is 0 Å². The maximum Gasteiger partial charge on any atom is 0.331 e. The molecular formula is C10H18O4. The Morgan fingerprint density at radius 1 is 1.14 bits per heavy atom. The third-order valence-electron chi connectivity index (χ3n) is 2.61. The van der Waals surface area contributed by atoms with Crippen molar-refractivity contribution < 1.29 is 20.1 Å². The van der Waals surface area contributed by atoms with Gasteiger partial charge in [0.15, 0.2) is 0 Å². The van der Waals surface area contributed by atoms with Gasteiger partial charge in [0.2, 0.25) is 0 Å². The summed E-state index contributed by atoms with van der Waals surface area (Å²) >= 11 is 0. The molecule has 0 amide bonds. The molecule has 4 heteroatoms. The van der Waals surface area contributed by atoms with Crippen LogP contribution in [-0.2, 0) is 4.79 Å². The minimum Gasteiger partial charge on any atom is -0.478 e. The lowest BCUT2D eigenvalue weighted by Gasteiger charge is -2.22. The van der Waals surface area contributed by atoms with Crippen LogP contribution in [0.2, 0.25) is 0 Å². The number of rotatable bonds is 4. The van der Waals surface area contributed by atoms with Crippen LogP contribution >= 0.6 is 0 Å². The second kappa shape index (κ2) is 5.12. The molecule has 0 aromatic rings. The van der Waals surface area contributed by atoms with Crippen molar-refractivity contribution in [2.75, 3.05) is 0 Å². The zero-order valence-electron chi connectivity index (χ0n) is 8.98. The highest BCUT2D eigenvalue weighted by Crippen LogP contribution is 2.18. The molecule has 0 aromatic heterocycles. The van der Waals surface area contributed by atoms with Gasteiger partial charge in [0, 0.05) is 11.5 Å². The van der Waals surface area contributed by atoms with E-state index in [2.05, 4.69) is 0 Å². The predicted octanol–water partition coefficient (Wildman–Crippen LogP) is 0.785. The number of carbonyl (C=O) groups is 1. The van der Waals surface area contributed by atoms with E-state index in [1.165, 1.54) is 6.92 Å². The maximum atomic E-state index is 10.6. The predicted molar refractivity (Wildman–Crippen MR) is 52.9 cm³/mol. The maximum absolute atomic E-state index is 10.6. The van der Waals surface area contributed by atoms with Crippen molar-refractivity contribution in [1.82, 2.24) is 0 Å². The Kier molecular flexibility index (Phi) is 4.80. The Morgan fingerprint density at radius 2 is 1.57 bits per heavy atom. The molecule has 0 bridgehead atoms. The number of hydrogen-bond acceptors (Lipinski definition) is 3. The number of aliphatic carboxylic acids is 1. The van der Waals surface area contributed by atoms with Gasteiger partial charge < -0.3 is 15.3 Å². The van der Waals surface area contributed by atoms with Crippen LogP contribution in [0.15, 0.2) is 11.1 Å². The van der Waals surface area contributed by atoms with Crippen molar-refractivity contribution >= 4 is 5.97 Å². The molecule has 0 heterocycles. The van der Waals surface area contributed by atoms with Gasteiger partial charge in [-0.15, -0.1) is 0 Å². The third-order valence-corrected chi connectivity index (χ3v) is 2.61. The van der Waals surface area contributed by atoms with E-state index in [9.17, 15) is 15.0 Å². The van der Waals surface area contributed by atoms with Gasteiger partial charge in [0.1, 0.15) is 0 Å². The summed E-state index contributed by atoms with van der Waals surface area (Å²) in [5.74, 6) is -1.41. The van der Waals surface area contributed by atoms with E-state index in [1.807, 2.05) is 0 Å². The van der Waals surface area contributed by atoms with Gasteiger partial charge in [0.25, 0.3) is 0 Å². The Morgan fingerprint density at radius 3 is 1.86 bits per heavy atom. The first-order valence-corrected chi connectivity index (χ1v) is 4.55. The van der Waals surface area contributed by atoms with Gasteiger partial charge >= 0.3 is 5.97 Å². The van der Waals surface area contributed by atoms with Crippen molar-refractivity contribution in [1.29, 1.82) is 0 Å². The Balaban J connectivity index is 4.77. The number of hydrogen-bond donors (Lipinski definition) is 3. The van der Waals surface area contributed by atoms with Crippen molar-refractivity contribution in [3.8, 4) is 0 Å². The van der Waals surface area contributed by atoms with Crippen molar-refractivity contribution in [2.45, 2.75) is 39.9 Å². The van der Waals surface area contributed by atoms with Gasteiger partial charge in [0.05, 0.1) is 12.2 Å². The second-order valence-electron chi connectivity index (χ2n) is 3.66. The highest BCUT2D eigenvalue weighted by atomic mass is 16.4. The van der Waals surface area contributed by atoms with Gasteiger partial charge in [-0.05, 0) is 26.3 Å². The lowest BCUT2D eigenvalue weighted by Crippen LogP contribution is -2.29.